The molecule has 25 heavy (non-hydrogen) atoms. The van der Waals surface area contributed by atoms with E-state index < -0.39 is 5.91 Å². The van der Waals surface area contributed by atoms with E-state index in [1.807, 2.05) is 12.1 Å². The number of aryl methyl sites for hydroxylation is 2. The number of primary amides is 1. The molecule has 1 heterocycles. The first-order valence-electron chi connectivity index (χ1n) is 7.69. The molecule has 0 aliphatic heterocycles. The summed E-state index contributed by atoms with van der Waals surface area (Å²) in [6, 6.07) is 13.3. The SMILES string of the molecule is Cc1cc(C(N)=O)ccc1NC(=O)c1cc(=O)n(C)c2ccccc12. The molecule has 0 radical (unpaired) electrons. The molecule has 0 unspecified atom stereocenters. The normalized spacial score (nSPS) is 10.6. The summed E-state index contributed by atoms with van der Waals surface area (Å²) in [6.07, 6.45) is 0. The maximum absolute atomic E-state index is 12.7. The van der Waals surface area contributed by atoms with E-state index in [4.69, 9.17) is 5.73 Å². The molecule has 3 aromatic rings. The van der Waals surface area contributed by atoms with Crippen molar-refractivity contribution in [3.05, 3.63) is 75.6 Å². The molecule has 126 valence electrons. The van der Waals surface area contributed by atoms with Crippen LogP contribution in [0.5, 0.6) is 0 Å². The monoisotopic (exact) mass is 335 g/mol. The highest BCUT2D eigenvalue weighted by Crippen LogP contribution is 2.20. The minimum Gasteiger partial charge on any atom is -0.366 e. The van der Waals surface area contributed by atoms with E-state index in [0.29, 0.717) is 33.3 Å². The lowest BCUT2D eigenvalue weighted by atomic mass is 10.1. The van der Waals surface area contributed by atoms with Crippen molar-refractivity contribution in [3.8, 4) is 0 Å². The third-order valence-corrected chi connectivity index (χ3v) is 4.16. The van der Waals surface area contributed by atoms with Gasteiger partial charge in [0.05, 0.1) is 11.1 Å². The van der Waals surface area contributed by atoms with Crippen LogP contribution in [0, 0.1) is 6.92 Å². The van der Waals surface area contributed by atoms with E-state index >= 15 is 0 Å². The predicted octanol–water partition coefficient (Wildman–Crippen LogP) is 2.20. The van der Waals surface area contributed by atoms with Gasteiger partial charge in [0.1, 0.15) is 0 Å². The number of nitrogens with zero attached hydrogens (tertiary/aromatic N) is 1. The van der Waals surface area contributed by atoms with Gasteiger partial charge < -0.3 is 15.6 Å². The molecule has 6 heteroatoms. The Kier molecular flexibility index (Phi) is 4.10. The van der Waals surface area contributed by atoms with Crippen LogP contribution >= 0.6 is 0 Å². The molecular formula is C19H17N3O3. The average molecular weight is 335 g/mol. The largest absolute Gasteiger partial charge is 0.366 e. The smallest absolute Gasteiger partial charge is 0.256 e. The molecule has 0 aliphatic rings. The summed E-state index contributed by atoms with van der Waals surface area (Å²) in [6.45, 7) is 1.77. The molecule has 2 aromatic carbocycles. The molecule has 0 saturated carbocycles. The number of nitrogens with one attached hydrogen (secondary N) is 1. The second-order valence-electron chi connectivity index (χ2n) is 5.82. The molecule has 6 nitrogen and oxygen atoms in total. The highest BCUT2D eigenvalue weighted by atomic mass is 16.2. The Labute approximate surface area is 143 Å². The van der Waals surface area contributed by atoms with Crippen molar-refractivity contribution < 1.29 is 9.59 Å². The lowest BCUT2D eigenvalue weighted by Gasteiger charge is -2.12. The number of rotatable bonds is 3. The van der Waals surface area contributed by atoms with E-state index in [1.54, 1.807) is 44.3 Å². The van der Waals surface area contributed by atoms with Crippen LogP contribution in [-0.2, 0) is 7.05 Å². The van der Waals surface area contributed by atoms with Gasteiger partial charge in [-0.05, 0) is 36.8 Å². The summed E-state index contributed by atoms with van der Waals surface area (Å²) >= 11 is 0. The highest BCUT2D eigenvalue weighted by molar-refractivity contribution is 6.12. The Morgan fingerprint density at radius 2 is 1.80 bits per heavy atom. The number of hydrogen-bond donors (Lipinski definition) is 2. The summed E-state index contributed by atoms with van der Waals surface area (Å²) in [5.74, 6) is -0.914. The van der Waals surface area contributed by atoms with Crippen LogP contribution in [0.1, 0.15) is 26.3 Å². The van der Waals surface area contributed by atoms with Crippen molar-refractivity contribution in [1.82, 2.24) is 4.57 Å². The zero-order valence-corrected chi connectivity index (χ0v) is 13.9. The van der Waals surface area contributed by atoms with Crippen LogP contribution in [0.15, 0.2) is 53.3 Å². The van der Waals surface area contributed by atoms with E-state index in [1.165, 1.54) is 10.6 Å². The van der Waals surface area contributed by atoms with Crippen LogP contribution < -0.4 is 16.6 Å². The van der Waals surface area contributed by atoms with Gasteiger partial charge in [0, 0.05) is 29.8 Å². The van der Waals surface area contributed by atoms with Gasteiger partial charge in [-0.15, -0.1) is 0 Å². The Morgan fingerprint density at radius 1 is 1.08 bits per heavy atom. The van der Waals surface area contributed by atoms with Crippen LogP contribution in [0.4, 0.5) is 5.69 Å². The number of hydrogen-bond acceptors (Lipinski definition) is 3. The van der Waals surface area contributed by atoms with Gasteiger partial charge >= 0.3 is 0 Å². The van der Waals surface area contributed by atoms with Gasteiger partial charge in [-0.2, -0.15) is 0 Å². The number of aromatic nitrogens is 1. The lowest BCUT2D eigenvalue weighted by Crippen LogP contribution is -2.22. The zero-order chi connectivity index (χ0) is 18.1. The van der Waals surface area contributed by atoms with Crippen molar-refractivity contribution >= 4 is 28.4 Å². The van der Waals surface area contributed by atoms with Gasteiger partial charge in [0.25, 0.3) is 11.5 Å². The molecular weight excluding hydrogens is 318 g/mol. The number of amides is 2. The number of nitrogens with two attached hydrogens (primary N) is 1. The average Bonchev–Trinajstić information content (AvgIpc) is 2.59. The molecule has 0 fully saturated rings. The Hall–Kier alpha value is -3.41. The summed E-state index contributed by atoms with van der Waals surface area (Å²) in [7, 11) is 1.67. The number of anilines is 1. The number of fused-ring (bicyclic) bond motifs is 1. The Bertz CT molecular complexity index is 1070. The Balaban J connectivity index is 2.03. The van der Waals surface area contributed by atoms with Crippen molar-refractivity contribution in [2.75, 3.05) is 5.32 Å². The first kappa shape index (κ1) is 16.4. The molecule has 3 N–H and O–H groups in total. The summed E-state index contributed by atoms with van der Waals surface area (Å²) < 4.78 is 1.50. The molecule has 0 saturated heterocycles. The fourth-order valence-corrected chi connectivity index (χ4v) is 2.75. The molecule has 0 atom stereocenters. The quantitative estimate of drug-likeness (QED) is 0.768. The number of carbonyl (C=O) groups excluding carboxylic acids is 2. The third-order valence-electron chi connectivity index (χ3n) is 4.16. The van der Waals surface area contributed by atoms with Crippen LogP contribution in [-0.4, -0.2) is 16.4 Å². The van der Waals surface area contributed by atoms with Crippen molar-refractivity contribution in [1.29, 1.82) is 0 Å². The van der Waals surface area contributed by atoms with Crippen LogP contribution in [0.3, 0.4) is 0 Å². The van der Waals surface area contributed by atoms with Crippen molar-refractivity contribution in [3.63, 3.8) is 0 Å². The number of carbonyl (C=O) groups is 2. The fourth-order valence-electron chi connectivity index (χ4n) is 2.75. The van der Waals surface area contributed by atoms with E-state index in [-0.39, 0.29) is 11.5 Å². The maximum Gasteiger partial charge on any atom is 0.256 e. The lowest BCUT2D eigenvalue weighted by molar-refractivity contribution is 0.0998. The first-order chi connectivity index (χ1) is 11.9. The van der Waals surface area contributed by atoms with E-state index in [2.05, 4.69) is 5.32 Å². The van der Waals surface area contributed by atoms with Gasteiger partial charge in [-0.25, -0.2) is 0 Å². The molecule has 0 aliphatic carbocycles. The zero-order valence-electron chi connectivity index (χ0n) is 13.9. The first-order valence-corrected chi connectivity index (χ1v) is 7.69. The predicted molar refractivity (Wildman–Crippen MR) is 96.8 cm³/mol. The van der Waals surface area contributed by atoms with Gasteiger partial charge in [-0.3, -0.25) is 14.4 Å². The molecule has 3 rings (SSSR count). The van der Waals surface area contributed by atoms with Gasteiger partial charge in [0.15, 0.2) is 0 Å². The van der Waals surface area contributed by atoms with Crippen LogP contribution in [0.2, 0.25) is 0 Å². The van der Waals surface area contributed by atoms with Gasteiger partial charge in [-0.1, -0.05) is 18.2 Å². The molecule has 1 aromatic heterocycles. The minimum atomic E-state index is -0.529. The second-order valence-corrected chi connectivity index (χ2v) is 5.82. The number of para-hydroxylation sites is 1. The molecule has 2 amide bonds. The van der Waals surface area contributed by atoms with Gasteiger partial charge in [0.2, 0.25) is 5.91 Å². The van der Waals surface area contributed by atoms with E-state index in [0.717, 1.165) is 0 Å². The maximum atomic E-state index is 12.7. The van der Waals surface area contributed by atoms with Crippen molar-refractivity contribution in [2.24, 2.45) is 12.8 Å². The third kappa shape index (κ3) is 3.01. The summed E-state index contributed by atoms with van der Waals surface area (Å²) in [5, 5.41) is 3.48. The topological polar surface area (TPSA) is 94.2 Å². The second kappa shape index (κ2) is 6.24. The molecule has 0 spiro atoms. The van der Waals surface area contributed by atoms with Crippen LogP contribution in [0.25, 0.3) is 10.9 Å². The molecule has 0 bridgehead atoms. The summed E-state index contributed by atoms with van der Waals surface area (Å²) in [4.78, 5) is 36.1. The Morgan fingerprint density at radius 3 is 2.48 bits per heavy atom. The van der Waals surface area contributed by atoms with E-state index in [9.17, 15) is 14.4 Å². The van der Waals surface area contributed by atoms with Crippen molar-refractivity contribution in [2.45, 2.75) is 6.92 Å². The summed E-state index contributed by atoms with van der Waals surface area (Å²) in [5.41, 5.74) is 7.61. The minimum absolute atomic E-state index is 0.260. The highest BCUT2D eigenvalue weighted by Gasteiger charge is 2.15. The standard InChI is InChI=1S/C19H17N3O3/c1-11-9-12(18(20)24)7-8-15(11)21-19(25)14-10-17(23)22(2)16-6-4-3-5-13(14)16/h3-10H,1-2H3,(H2,20,24)(H,21,25). The fraction of sp³-hybridized carbons (Fsp3) is 0.105. The number of benzene rings is 2. The number of pyridine rings is 1.